The summed E-state index contributed by atoms with van der Waals surface area (Å²) in [5.41, 5.74) is 2.60. The minimum absolute atomic E-state index is 0.114. The number of carbonyl (C=O) groups excluding carboxylic acids is 1. The van der Waals surface area contributed by atoms with Gasteiger partial charge in [-0.3, -0.25) is 4.79 Å². The Morgan fingerprint density at radius 3 is 2.45 bits per heavy atom. The second-order valence-electron chi connectivity index (χ2n) is 5.63. The number of rotatable bonds is 4. The third kappa shape index (κ3) is 3.47. The molecule has 0 fully saturated rings. The average molecular weight is 271 g/mol. The van der Waals surface area contributed by atoms with Crippen LogP contribution in [0.1, 0.15) is 25.8 Å². The molecule has 1 aromatic carbocycles. The van der Waals surface area contributed by atoms with Crippen LogP contribution in [0.3, 0.4) is 0 Å². The molecule has 0 unspecified atom stereocenters. The van der Waals surface area contributed by atoms with Crippen LogP contribution in [0, 0.1) is 5.92 Å². The molecule has 1 amide bonds. The predicted octanol–water partition coefficient (Wildman–Crippen LogP) is 2.67. The van der Waals surface area contributed by atoms with Crippen LogP contribution >= 0.6 is 0 Å². The van der Waals surface area contributed by atoms with E-state index in [9.17, 15) is 4.79 Å². The van der Waals surface area contributed by atoms with Gasteiger partial charge in [-0.2, -0.15) is 0 Å². The van der Waals surface area contributed by atoms with Gasteiger partial charge in [-0.05, 0) is 29.7 Å². The van der Waals surface area contributed by atoms with Gasteiger partial charge in [-0.15, -0.1) is 0 Å². The molecule has 20 heavy (non-hydrogen) atoms. The fourth-order valence-corrected chi connectivity index (χ4v) is 2.03. The van der Waals surface area contributed by atoms with Crippen molar-refractivity contribution >= 4 is 23.5 Å². The number of benzene rings is 1. The number of hydrogen-bond acceptors (Lipinski definition) is 3. The highest BCUT2D eigenvalue weighted by atomic mass is 16.2. The van der Waals surface area contributed by atoms with Crippen LogP contribution in [0.4, 0.5) is 5.69 Å². The maximum atomic E-state index is 11.8. The highest BCUT2D eigenvalue weighted by Gasteiger charge is 2.20. The van der Waals surface area contributed by atoms with Crippen LogP contribution in [0.15, 0.2) is 35.0 Å². The number of carbonyl (C=O) groups is 1. The smallest absolute Gasteiger partial charge is 0.275 e. The minimum Gasteiger partial charge on any atom is -0.378 e. The van der Waals surface area contributed by atoms with Crippen LogP contribution in [-0.2, 0) is 4.79 Å². The molecule has 106 valence electrons. The fraction of sp³-hybridized carbons (Fsp3) is 0.375. The zero-order valence-corrected chi connectivity index (χ0v) is 12.5. The van der Waals surface area contributed by atoms with Gasteiger partial charge >= 0.3 is 0 Å². The molecule has 1 N–H and O–H groups in total. The summed E-state index contributed by atoms with van der Waals surface area (Å²) in [6.45, 7) is 4.21. The topological polar surface area (TPSA) is 44.7 Å². The molecule has 0 radical (unpaired) electrons. The standard InChI is InChI=1S/C16H21N3O/c1-11(2)9-15-17-14(16(20)18-15)10-12-5-7-13(8-6-12)19(3)4/h5-8,10-11H,9H2,1-4H3,(H,17,18,20)/b14-10+. The number of nitrogens with zero attached hydrogens (tertiary/aromatic N) is 2. The van der Waals surface area contributed by atoms with Crippen molar-refractivity contribution in [1.29, 1.82) is 0 Å². The quantitative estimate of drug-likeness (QED) is 0.856. The van der Waals surface area contributed by atoms with Crippen LogP contribution in [0.2, 0.25) is 0 Å². The maximum Gasteiger partial charge on any atom is 0.275 e. The summed E-state index contributed by atoms with van der Waals surface area (Å²) in [6.07, 6.45) is 2.62. The van der Waals surface area contributed by atoms with Gasteiger partial charge < -0.3 is 10.2 Å². The van der Waals surface area contributed by atoms with E-state index < -0.39 is 0 Å². The zero-order chi connectivity index (χ0) is 14.7. The molecule has 1 aliphatic rings. The normalized spacial score (nSPS) is 16.6. The van der Waals surface area contributed by atoms with Crippen LogP contribution in [0.25, 0.3) is 6.08 Å². The summed E-state index contributed by atoms with van der Waals surface area (Å²) in [5, 5.41) is 2.82. The highest BCUT2D eigenvalue weighted by Crippen LogP contribution is 2.17. The first-order valence-corrected chi connectivity index (χ1v) is 6.83. The lowest BCUT2D eigenvalue weighted by Gasteiger charge is -2.11. The van der Waals surface area contributed by atoms with E-state index in [2.05, 4.69) is 24.2 Å². The molecule has 2 rings (SSSR count). The summed E-state index contributed by atoms with van der Waals surface area (Å²) in [4.78, 5) is 18.3. The lowest BCUT2D eigenvalue weighted by atomic mass is 10.1. The van der Waals surface area contributed by atoms with E-state index in [0.717, 1.165) is 23.5 Å². The van der Waals surface area contributed by atoms with Crippen molar-refractivity contribution in [2.24, 2.45) is 10.9 Å². The van der Waals surface area contributed by atoms with Crippen molar-refractivity contribution in [3.8, 4) is 0 Å². The molecule has 0 atom stereocenters. The first kappa shape index (κ1) is 14.3. The Morgan fingerprint density at radius 1 is 1.25 bits per heavy atom. The number of anilines is 1. The highest BCUT2D eigenvalue weighted by molar-refractivity contribution is 6.14. The third-order valence-electron chi connectivity index (χ3n) is 3.06. The number of nitrogens with one attached hydrogen (secondary N) is 1. The predicted molar refractivity (Wildman–Crippen MR) is 83.8 cm³/mol. The van der Waals surface area contributed by atoms with Gasteiger partial charge in [0.15, 0.2) is 0 Å². The van der Waals surface area contributed by atoms with E-state index >= 15 is 0 Å². The van der Waals surface area contributed by atoms with Gasteiger partial charge in [-0.25, -0.2) is 4.99 Å². The van der Waals surface area contributed by atoms with Crippen molar-refractivity contribution in [2.45, 2.75) is 20.3 Å². The summed E-state index contributed by atoms with van der Waals surface area (Å²) >= 11 is 0. The molecule has 4 heteroatoms. The van der Waals surface area contributed by atoms with Crippen molar-refractivity contribution in [3.63, 3.8) is 0 Å². The molecule has 0 saturated heterocycles. The Hall–Kier alpha value is -2.10. The van der Waals surface area contributed by atoms with E-state index in [0.29, 0.717) is 11.6 Å². The average Bonchev–Trinajstić information content (AvgIpc) is 2.69. The molecular weight excluding hydrogens is 250 g/mol. The minimum atomic E-state index is -0.114. The molecule has 1 aliphatic heterocycles. The Bertz CT molecular complexity index is 554. The summed E-state index contributed by atoms with van der Waals surface area (Å²) in [6, 6.07) is 8.03. The second-order valence-corrected chi connectivity index (χ2v) is 5.63. The molecule has 0 aromatic heterocycles. The first-order valence-electron chi connectivity index (χ1n) is 6.83. The lowest BCUT2D eigenvalue weighted by molar-refractivity contribution is -0.115. The third-order valence-corrected chi connectivity index (χ3v) is 3.06. The molecule has 0 spiro atoms. The SMILES string of the molecule is CC(C)CC1=N/C(=C/c2ccc(N(C)C)cc2)C(=O)N1. The van der Waals surface area contributed by atoms with Gasteiger partial charge in [0.05, 0.1) is 0 Å². The van der Waals surface area contributed by atoms with Gasteiger partial charge in [0.2, 0.25) is 0 Å². The monoisotopic (exact) mass is 271 g/mol. The fourth-order valence-electron chi connectivity index (χ4n) is 2.03. The molecule has 0 saturated carbocycles. The Labute approximate surface area is 120 Å². The van der Waals surface area contributed by atoms with E-state index in [4.69, 9.17) is 0 Å². The van der Waals surface area contributed by atoms with Crippen LogP contribution < -0.4 is 10.2 Å². The maximum absolute atomic E-state index is 11.8. The Kier molecular flexibility index (Phi) is 4.23. The van der Waals surface area contributed by atoms with Crippen molar-refractivity contribution < 1.29 is 4.79 Å². The van der Waals surface area contributed by atoms with E-state index in [-0.39, 0.29) is 5.91 Å². The number of aliphatic imine (C=N–C) groups is 1. The molecule has 4 nitrogen and oxygen atoms in total. The largest absolute Gasteiger partial charge is 0.378 e. The van der Waals surface area contributed by atoms with Crippen LogP contribution in [-0.4, -0.2) is 25.8 Å². The van der Waals surface area contributed by atoms with Gasteiger partial charge in [0.1, 0.15) is 11.5 Å². The molecule has 1 aromatic rings. The van der Waals surface area contributed by atoms with Crippen molar-refractivity contribution in [3.05, 3.63) is 35.5 Å². The van der Waals surface area contributed by atoms with E-state index in [1.165, 1.54) is 0 Å². The van der Waals surface area contributed by atoms with E-state index in [1.54, 1.807) is 0 Å². The zero-order valence-electron chi connectivity index (χ0n) is 12.5. The number of amidine groups is 1. The summed E-state index contributed by atoms with van der Waals surface area (Å²) in [7, 11) is 4.00. The Morgan fingerprint density at radius 2 is 1.90 bits per heavy atom. The first-order chi connectivity index (χ1) is 9.45. The molecule has 0 aliphatic carbocycles. The van der Waals surface area contributed by atoms with Gasteiger partial charge in [0, 0.05) is 26.2 Å². The van der Waals surface area contributed by atoms with Crippen LogP contribution in [0.5, 0.6) is 0 Å². The lowest BCUT2D eigenvalue weighted by Crippen LogP contribution is -2.24. The second kappa shape index (κ2) is 5.90. The number of amides is 1. The summed E-state index contributed by atoms with van der Waals surface area (Å²) in [5.74, 6) is 1.13. The van der Waals surface area contributed by atoms with Crippen molar-refractivity contribution in [2.75, 3.05) is 19.0 Å². The Balaban J connectivity index is 2.17. The summed E-state index contributed by atoms with van der Waals surface area (Å²) < 4.78 is 0. The van der Waals surface area contributed by atoms with Crippen molar-refractivity contribution in [1.82, 2.24) is 5.32 Å². The molecule has 1 heterocycles. The van der Waals surface area contributed by atoms with Gasteiger partial charge in [0.25, 0.3) is 5.91 Å². The molecule has 0 bridgehead atoms. The number of hydrogen-bond donors (Lipinski definition) is 1. The molecular formula is C16H21N3O. The van der Waals surface area contributed by atoms with Gasteiger partial charge in [-0.1, -0.05) is 26.0 Å². The van der Waals surface area contributed by atoms with E-state index in [1.807, 2.05) is 49.3 Å².